The topological polar surface area (TPSA) is 79.1 Å². The van der Waals surface area contributed by atoms with E-state index in [0.29, 0.717) is 5.95 Å². The minimum atomic E-state index is 0.454. The summed E-state index contributed by atoms with van der Waals surface area (Å²) in [5.41, 5.74) is 3.38. The van der Waals surface area contributed by atoms with Gasteiger partial charge in [0.2, 0.25) is 5.95 Å². The molecule has 2 rings (SSSR count). The first-order valence-corrected chi connectivity index (χ1v) is 6.56. The Morgan fingerprint density at radius 3 is 2.78 bits per heavy atom. The van der Waals surface area contributed by atoms with Crippen LogP contribution in [0.1, 0.15) is 25.0 Å². The fraction of sp³-hybridized carbons (Fsp3) is 0.667. The minimum absolute atomic E-state index is 0.454. The van der Waals surface area contributed by atoms with E-state index in [9.17, 15) is 0 Å². The molecule has 0 bridgehead atoms. The van der Waals surface area contributed by atoms with Crippen LogP contribution >= 0.6 is 0 Å². The molecule has 1 aromatic rings. The van der Waals surface area contributed by atoms with E-state index < -0.39 is 0 Å². The first-order chi connectivity index (χ1) is 8.78. The van der Waals surface area contributed by atoms with Crippen LogP contribution in [0.4, 0.5) is 11.8 Å². The van der Waals surface area contributed by atoms with Gasteiger partial charge in [0.1, 0.15) is 5.82 Å². The zero-order valence-corrected chi connectivity index (χ0v) is 10.9. The van der Waals surface area contributed by atoms with Gasteiger partial charge in [-0.2, -0.15) is 4.98 Å². The molecule has 0 atom stereocenters. The molecular weight excluding hydrogens is 228 g/mol. The lowest BCUT2D eigenvalue weighted by atomic mass is 10.1. The van der Waals surface area contributed by atoms with Crippen LogP contribution in [0.15, 0.2) is 6.07 Å². The van der Waals surface area contributed by atoms with Crippen LogP contribution in [0, 0.1) is 6.92 Å². The molecule has 0 amide bonds. The lowest BCUT2D eigenvalue weighted by molar-refractivity contribution is 0.237. The van der Waals surface area contributed by atoms with Crippen molar-refractivity contribution in [2.45, 2.75) is 26.2 Å². The van der Waals surface area contributed by atoms with Crippen molar-refractivity contribution in [1.29, 1.82) is 0 Å². The first kappa shape index (κ1) is 13.0. The zero-order chi connectivity index (χ0) is 12.8. The number of nitrogens with two attached hydrogens (primary N) is 1. The van der Waals surface area contributed by atoms with Gasteiger partial charge in [0.15, 0.2) is 0 Å². The molecule has 0 aliphatic carbocycles. The highest BCUT2D eigenvalue weighted by Crippen LogP contribution is 2.10. The maximum Gasteiger partial charge on any atom is 0.239 e. The highest BCUT2D eigenvalue weighted by Gasteiger charge is 2.09. The summed E-state index contributed by atoms with van der Waals surface area (Å²) in [4.78, 5) is 10.9. The minimum Gasteiger partial charge on any atom is -0.369 e. The van der Waals surface area contributed by atoms with Gasteiger partial charge in [0.05, 0.1) is 0 Å². The molecule has 6 nitrogen and oxygen atoms in total. The summed E-state index contributed by atoms with van der Waals surface area (Å²) in [6.45, 7) is 6.34. The molecule has 1 aliphatic heterocycles. The standard InChI is InChI=1S/C12H22N6/c1-10-9-11(16-12(15-10)17-13)14-5-8-18-6-3-2-4-7-18/h9H,2-8,13H2,1H3,(H2,14,15,16,17). The van der Waals surface area contributed by atoms with Crippen LogP contribution in [-0.4, -0.2) is 41.0 Å². The fourth-order valence-electron chi connectivity index (χ4n) is 2.25. The molecule has 2 heterocycles. The third-order valence-corrected chi connectivity index (χ3v) is 3.17. The third-order valence-electron chi connectivity index (χ3n) is 3.17. The van der Waals surface area contributed by atoms with Gasteiger partial charge >= 0.3 is 0 Å². The number of aromatic nitrogens is 2. The Bertz CT molecular complexity index is 375. The van der Waals surface area contributed by atoms with Gasteiger partial charge in [-0.1, -0.05) is 6.42 Å². The van der Waals surface area contributed by atoms with Gasteiger partial charge in [0, 0.05) is 24.8 Å². The number of nitrogens with one attached hydrogen (secondary N) is 2. The second-order valence-electron chi connectivity index (χ2n) is 4.69. The van der Waals surface area contributed by atoms with Gasteiger partial charge in [-0.3, -0.25) is 5.43 Å². The SMILES string of the molecule is Cc1cc(NCCN2CCCCC2)nc(NN)n1. The summed E-state index contributed by atoms with van der Waals surface area (Å²) in [6.07, 6.45) is 4.03. The Morgan fingerprint density at radius 2 is 2.06 bits per heavy atom. The molecule has 0 spiro atoms. The summed E-state index contributed by atoms with van der Waals surface area (Å²) in [6, 6.07) is 1.93. The highest BCUT2D eigenvalue weighted by molar-refractivity contribution is 5.41. The molecule has 18 heavy (non-hydrogen) atoms. The molecule has 0 unspecified atom stereocenters. The molecule has 1 fully saturated rings. The molecule has 0 saturated carbocycles. The monoisotopic (exact) mass is 250 g/mol. The molecule has 0 aromatic carbocycles. The van der Waals surface area contributed by atoms with Crippen molar-refractivity contribution in [2.75, 3.05) is 36.9 Å². The smallest absolute Gasteiger partial charge is 0.239 e. The highest BCUT2D eigenvalue weighted by atomic mass is 15.3. The van der Waals surface area contributed by atoms with Crippen LogP contribution in [0.25, 0.3) is 0 Å². The largest absolute Gasteiger partial charge is 0.369 e. The van der Waals surface area contributed by atoms with Crippen molar-refractivity contribution >= 4 is 11.8 Å². The van der Waals surface area contributed by atoms with E-state index in [1.54, 1.807) is 0 Å². The molecule has 1 aliphatic rings. The number of hydrogen-bond donors (Lipinski definition) is 3. The van der Waals surface area contributed by atoms with Gasteiger partial charge < -0.3 is 10.2 Å². The first-order valence-electron chi connectivity index (χ1n) is 6.56. The Kier molecular flexibility index (Phi) is 4.72. The number of aryl methyl sites for hydroxylation is 1. The summed E-state index contributed by atoms with van der Waals surface area (Å²) in [7, 11) is 0. The van der Waals surface area contributed by atoms with Crippen molar-refractivity contribution in [3.63, 3.8) is 0 Å². The van der Waals surface area contributed by atoms with Gasteiger partial charge in [-0.15, -0.1) is 0 Å². The molecule has 0 radical (unpaired) electrons. The van der Waals surface area contributed by atoms with E-state index >= 15 is 0 Å². The number of nitrogen functional groups attached to an aromatic ring is 1. The number of piperidine rings is 1. The maximum absolute atomic E-state index is 5.32. The number of rotatable bonds is 5. The van der Waals surface area contributed by atoms with E-state index in [1.807, 2.05) is 13.0 Å². The molecule has 1 aromatic heterocycles. The van der Waals surface area contributed by atoms with E-state index in [-0.39, 0.29) is 0 Å². The van der Waals surface area contributed by atoms with E-state index in [4.69, 9.17) is 5.84 Å². The maximum atomic E-state index is 5.32. The van der Waals surface area contributed by atoms with Gasteiger partial charge in [0.25, 0.3) is 0 Å². The Labute approximate surface area is 108 Å². The summed E-state index contributed by atoms with van der Waals surface area (Å²) in [5, 5.41) is 3.32. The van der Waals surface area contributed by atoms with Crippen molar-refractivity contribution in [1.82, 2.24) is 14.9 Å². The fourth-order valence-corrected chi connectivity index (χ4v) is 2.25. The van der Waals surface area contributed by atoms with Crippen LogP contribution in [0.5, 0.6) is 0 Å². The number of likely N-dealkylation sites (tertiary alicyclic amines) is 1. The number of hydrogen-bond acceptors (Lipinski definition) is 6. The molecule has 100 valence electrons. The van der Waals surface area contributed by atoms with Crippen molar-refractivity contribution in [3.05, 3.63) is 11.8 Å². The molecule has 6 heteroatoms. The molecular formula is C12H22N6. The Hall–Kier alpha value is -1.40. The predicted molar refractivity (Wildman–Crippen MR) is 73.4 cm³/mol. The van der Waals surface area contributed by atoms with E-state index in [0.717, 1.165) is 24.6 Å². The number of nitrogens with zero attached hydrogens (tertiary/aromatic N) is 3. The zero-order valence-electron chi connectivity index (χ0n) is 10.9. The predicted octanol–water partition coefficient (Wildman–Crippen LogP) is 0.968. The number of hydrazine groups is 1. The second-order valence-corrected chi connectivity index (χ2v) is 4.69. The summed E-state index contributed by atoms with van der Waals surface area (Å²) in [5.74, 6) is 6.60. The van der Waals surface area contributed by atoms with E-state index in [2.05, 4.69) is 25.6 Å². The normalized spacial score (nSPS) is 16.6. The second kappa shape index (κ2) is 6.51. The Morgan fingerprint density at radius 1 is 1.28 bits per heavy atom. The molecule has 1 saturated heterocycles. The van der Waals surface area contributed by atoms with Gasteiger partial charge in [-0.05, 0) is 32.9 Å². The third kappa shape index (κ3) is 3.82. The summed E-state index contributed by atoms with van der Waals surface area (Å²) < 4.78 is 0. The number of anilines is 2. The van der Waals surface area contributed by atoms with Crippen molar-refractivity contribution in [3.8, 4) is 0 Å². The van der Waals surface area contributed by atoms with Crippen LogP contribution in [-0.2, 0) is 0 Å². The van der Waals surface area contributed by atoms with Crippen LogP contribution < -0.4 is 16.6 Å². The average Bonchev–Trinajstić information content (AvgIpc) is 2.39. The summed E-state index contributed by atoms with van der Waals surface area (Å²) >= 11 is 0. The van der Waals surface area contributed by atoms with Crippen molar-refractivity contribution < 1.29 is 0 Å². The van der Waals surface area contributed by atoms with Crippen LogP contribution in [0.2, 0.25) is 0 Å². The lowest BCUT2D eigenvalue weighted by Gasteiger charge is -2.26. The van der Waals surface area contributed by atoms with Crippen molar-refractivity contribution in [2.24, 2.45) is 5.84 Å². The van der Waals surface area contributed by atoms with E-state index in [1.165, 1.54) is 32.4 Å². The van der Waals surface area contributed by atoms with Gasteiger partial charge in [-0.25, -0.2) is 10.8 Å². The average molecular weight is 250 g/mol. The quantitative estimate of drug-likeness (QED) is 0.534. The molecule has 4 N–H and O–H groups in total. The van der Waals surface area contributed by atoms with Crippen LogP contribution in [0.3, 0.4) is 0 Å². The lowest BCUT2D eigenvalue weighted by Crippen LogP contribution is -2.33. The Balaban J connectivity index is 1.80.